The molecule has 1 atom stereocenters. The first kappa shape index (κ1) is 25.8. The van der Waals surface area contributed by atoms with Crippen molar-refractivity contribution in [1.82, 2.24) is 25.4 Å². The normalized spacial score (nSPS) is 20.4. The summed E-state index contributed by atoms with van der Waals surface area (Å²) in [7, 11) is 0. The van der Waals surface area contributed by atoms with Crippen molar-refractivity contribution in [3.05, 3.63) is 58.9 Å². The van der Waals surface area contributed by atoms with Crippen molar-refractivity contribution in [1.29, 1.82) is 0 Å². The molecule has 1 aromatic heterocycles. The van der Waals surface area contributed by atoms with Crippen LogP contribution in [0.5, 0.6) is 0 Å². The summed E-state index contributed by atoms with van der Waals surface area (Å²) < 4.78 is 0. The van der Waals surface area contributed by atoms with Crippen molar-refractivity contribution >= 4 is 29.3 Å². The van der Waals surface area contributed by atoms with Gasteiger partial charge in [-0.1, -0.05) is 12.1 Å². The van der Waals surface area contributed by atoms with Gasteiger partial charge in [-0.2, -0.15) is 0 Å². The Kier molecular flexibility index (Phi) is 7.42. The van der Waals surface area contributed by atoms with Gasteiger partial charge in [-0.15, -0.1) is 0 Å². The number of anilines is 1. The molecule has 3 N–H and O–H groups in total. The Morgan fingerprint density at radius 3 is 2.66 bits per heavy atom. The lowest BCUT2D eigenvalue weighted by molar-refractivity contribution is -0.136. The van der Waals surface area contributed by atoms with E-state index >= 15 is 0 Å². The third kappa shape index (κ3) is 5.40. The Labute approximate surface area is 222 Å². The molecule has 38 heavy (non-hydrogen) atoms. The van der Waals surface area contributed by atoms with Gasteiger partial charge < -0.3 is 15.5 Å². The Morgan fingerprint density at radius 1 is 1.13 bits per heavy atom. The number of likely N-dealkylation sites (tertiary alicyclic amines) is 1. The van der Waals surface area contributed by atoms with Crippen LogP contribution in [0.1, 0.15) is 71.4 Å². The predicted molar refractivity (Wildman–Crippen MR) is 141 cm³/mol. The first-order valence-corrected chi connectivity index (χ1v) is 13.3. The molecule has 0 radical (unpaired) electrons. The average molecular weight is 519 g/mol. The first-order chi connectivity index (χ1) is 18.3. The van der Waals surface area contributed by atoms with Gasteiger partial charge in [-0.25, -0.2) is 0 Å². The number of amides is 4. The fourth-order valence-electron chi connectivity index (χ4n) is 5.55. The summed E-state index contributed by atoms with van der Waals surface area (Å²) >= 11 is 0. The number of imide groups is 1. The number of fused-ring (bicyclic) bond motifs is 1. The minimum Gasteiger partial charge on any atom is -0.382 e. The summed E-state index contributed by atoms with van der Waals surface area (Å²) in [6, 6.07) is 7.24. The van der Waals surface area contributed by atoms with Crippen LogP contribution < -0.4 is 16.0 Å². The Bertz CT molecular complexity index is 1250. The van der Waals surface area contributed by atoms with Crippen LogP contribution in [0.2, 0.25) is 0 Å². The lowest BCUT2D eigenvalue weighted by Crippen LogP contribution is -2.52. The van der Waals surface area contributed by atoms with Gasteiger partial charge in [0.05, 0.1) is 11.3 Å². The second kappa shape index (κ2) is 10.9. The molecule has 3 aliphatic rings. The molecule has 3 aliphatic heterocycles. The lowest BCUT2D eigenvalue weighted by atomic mass is 10.00. The van der Waals surface area contributed by atoms with E-state index in [1.54, 1.807) is 17.3 Å². The molecule has 10 heteroatoms. The van der Waals surface area contributed by atoms with E-state index in [2.05, 4.69) is 25.8 Å². The van der Waals surface area contributed by atoms with Crippen molar-refractivity contribution < 1.29 is 19.2 Å². The van der Waals surface area contributed by atoms with Crippen molar-refractivity contribution in [3.63, 3.8) is 0 Å². The van der Waals surface area contributed by atoms with Gasteiger partial charge in [0.15, 0.2) is 0 Å². The second-order valence-electron chi connectivity index (χ2n) is 10.6. The number of pyridine rings is 1. The Hall–Kier alpha value is -3.79. The van der Waals surface area contributed by atoms with Gasteiger partial charge >= 0.3 is 0 Å². The maximum atomic E-state index is 13.1. The van der Waals surface area contributed by atoms with E-state index in [9.17, 15) is 19.2 Å². The molecule has 1 aromatic carbocycles. The number of nitrogens with one attached hydrogen (secondary N) is 3. The smallest absolute Gasteiger partial charge is 0.255 e. The highest BCUT2D eigenvalue weighted by atomic mass is 16.2. The first-order valence-electron chi connectivity index (χ1n) is 13.3. The van der Waals surface area contributed by atoms with E-state index in [0.717, 1.165) is 42.7 Å². The fourth-order valence-corrected chi connectivity index (χ4v) is 5.55. The molecule has 0 bridgehead atoms. The number of nitrogens with zero attached hydrogens (tertiary/aromatic N) is 3. The summed E-state index contributed by atoms with van der Waals surface area (Å²) in [5.41, 5.74) is 4.00. The van der Waals surface area contributed by atoms with Crippen LogP contribution in [-0.2, 0) is 22.7 Å². The molecule has 1 unspecified atom stereocenters. The number of aromatic nitrogens is 1. The topological polar surface area (TPSA) is 124 Å². The maximum absolute atomic E-state index is 13.1. The molecule has 0 aliphatic carbocycles. The zero-order chi connectivity index (χ0) is 26.8. The Morgan fingerprint density at radius 2 is 1.92 bits per heavy atom. The van der Waals surface area contributed by atoms with Gasteiger partial charge in [0.25, 0.3) is 11.8 Å². The highest BCUT2D eigenvalue weighted by Gasteiger charge is 2.40. The van der Waals surface area contributed by atoms with E-state index in [1.165, 1.54) is 0 Å². The summed E-state index contributed by atoms with van der Waals surface area (Å²) in [5.74, 6) is -0.956. The minimum atomic E-state index is -0.615. The molecule has 0 saturated carbocycles. The number of carbonyl (C=O) groups excluding carboxylic acids is 4. The van der Waals surface area contributed by atoms with Gasteiger partial charge in [0.1, 0.15) is 6.04 Å². The summed E-state index contributed by atoms with van der Waals surface area (Å²) in [5, 5.41) is 8.83. The summed E-state index contributed by atoms with van der Waals surface area (Å²) in [6.07, 6.45) is 5.53. The summed E-state index contributed by atoms with van der Waals surface area (Å²) in [4.78, 5) is 58.1. The van der Waals surface area contributed by atoms with Gasteiger partial charge in [-0.3, -0.25) is 34.4 Å². The van der Waals surface area contributed by atoms with Crippen molar-refractivity contribution in [2.24, 2.45) is 0 Å². The number of rotatable bonds is 7. The zero-order valence-corrected chi connectivity index (χ0v) is 21.8. The second-order valence-corrected chi connectivity index (χ2v) is 10.6. The van der Waals surface area contributed by atoms with E-state index < -0.39 is 11.9 Å². The number of hydrogen-bond donors (Lipinski definition) is 3. The number of benzene rings is 1. The van der Waals surface area contributed by atoms with Gasteiger partial charge in [-0.05, 0) is 56.4 Å². The van der Waals surface area contributed by atoms with E-state index in [0.29, 0.717) is 30.6 Å². The SMILES string of the molecule is CC(C)Nc1ccncc1C(=O)NC1CCN(Cc2cccc3c2CN(C2CCC(=O)NC2=O)C3=O)CC1. The van der Waals surface area contributed by atoms with E-state index in [4.69, 9.17) is 0 Å². The maximum Gasteiger partial charge on any atom is 0.255 e. The van der Waals surface area contributed by atoms with Crippen LogP contribution in [0.15, 0.2) is 36.7 Å². The highest BCUT2D eigenvalue weighted by Crippen LogP contribution is 2.31. The molecular weight excluding hydrogens is 484 g/mol. The van der Waals surface area contributed by atoms with E-state index in [1.807, 2.05) is 38.1 Å². The number of piperidine rings is 2. The number of hydrogen-bond acceptors (Lipinski definition) is 7. The molecule has 4 heterocycles. The quantitative estimate of drug-likeness (QED) is 0.480. The molecule has 5 rings (SSSR count). The molecule has 200 valence electrons. The number of carbonyl (C=O) groups is 4. The minimum absolute atomic E-state index is 0.0805. The summed E-state index contributed by atoms with van der Waals surface area (Å²) in [6.45, 7) is 6.78. The third-order valence-electron chi connectivity index (χ3n) is 7.51. The largest absolute Gasteiger partial charge is 0.382 e. The highest BCUT2D eigenvalue weighted by molar-refractivity contribution is 6.05. The molecular formula is C28H34N6O4. The van der Waals surface area contributed by atoms with Crippen molar-refractivity contribution in [2.75, 3.05) is 18.4 Å². The molecule has 2 saturated heterocycles. The van der Waals surface area contributed by atoms with Crippen LogP contribution in [0, 0.1) is 0 Å². The fraction of sp³-hybridized carbons (Fsp3) is 0.464. The molecule has 0 spiro atoms. The lowest BCUT2D eigenvalue weighted by Gasteiger charge is -2.33. The third-order valence-corrected chi connectivity index (χ3v) is 7.51. The van der Waals surface area contributed by atoms with Crippen LogP contribution in [-0.4, -0.2) is 69.6 Å². The van der Waals surface area contributed by atoms with Crippen LogP contribution >= 0.6 is 0 Å². The monoisotopic (exact) mass is 518 g/mol. The molecule has 4 amide bonds. The van der Waals surface area contributed by atoms with E-state index in [-0.39, 0.29) is 36.2 Å². The van der Waals surface area contributed by atoms with Gasteiger partial charge in [0, 0.05) is 62.6 Å². The van der Waals surface area contributed by atoms with Crippen LogP contribution in [0.4, 0.5) is 5.69 Å². The average Bonchev–Trinajstić information content (AvgIpc) is 3.22. The zero-order valence-electron chi connectivity index (χ0n) is 21.8. The molecule has 10 nitrogen and oxygen atoms in total. The predicted octanol–water partition coefficient (Wildman–Crippen LogP) is 2.06. The molecule has 2 aromatic rings. The van der Waals surface area contributed by atoms with Crippen molar-refractivity contribution in [2.45, 2.75) is 70.7 Å². The van der Waals surface area contributed by atoms with Crippen LogP contribution in [0.3, 0.4) is 0 Å². The molecule has 2 fully saturated rings. The van der Waals surface area contributed by atoms with Gasteiger partial charge in [0.2, 0.25) is 11.8 Å². The Balaban J connectivity index is 1.18. The van der Waals surface area contributed by atoms with Crippen LogP contribution in [0.25, 0.3) is 0 Å². The van der Waals surface area contributed by atoms with Crippen molar-refractivity contribution in [3.8, 4) is 0 Å². The standard InChI is InChI=1S/C28H34N6O4/c1-17(2)30-23-8-11-29-14-21(23)26(36)31-19-9-12-33(13-10-19)15-18-4-3-5-20-22(18)16-34(28(20)38)24-6-7-25(35)32-27(24)37/h3-5,8,11,14,17,19,24H,6-7,9-10,12-13,15-16H2,1-2H3,(H,29,30)(H,31,36)(H,32,35,37).